The smallest absolute Gasteiger partial charge is 0.192 e. The highest BCUT2D eigenvalue weighted by molar-refractivity contribution is 6.74. The first-order chi connectivity index (χ1) is 13.2. The topological polar surface area (TPSA) is 18.5 Å². The molecule has 164 valence electrons. The molecule has 1 saturated carbocycles. The van der Waals surface area contributed by atoms with Crippen LogP contribution in [0.5, 0.6) is 0 Å². The molecule has 0 unspecified atom stereocenters. The predicted molar refractivity (Wildman–Crippen MR) is 128 cm³/mol. The maximum absolute atomic E-state index is 7.27. The molecule has 0 amide bonds. The Hall–Kier alpha value is 0.0938. The van der Waals surface area contributed by atoms with Crippen LogP contribution in [0.3, 0.4) is 0 Å². The molecule has 0 aromatic heterocycles. The molecule has 2 nitrogen and oxygen atoms in total. The standard InChI is InChI=1S/C24H48O2Si2/c1-9-27(10-2,11-3)25-23(7)19-16-15-17-21-22(23)18-20-24(21,8)26-28(12-4,13-5)14-6/h15,17,21-22H,9-14,16,18-20H2,1-8H3/t21-,22+,23+,24+/m0/s1. The lowest BCUT2D eigenvalue weighted by molar-refractivity contribution is -0.0270. The molecular formula is C24H48O2Si2. The van der Waals surface area contributed by atoms with Crippen LogP contribution in [-0.4, -0.2) is 27.8 Å². The highest BCUT2D eigenvalue weighted by Crippen LogP contribution is 2.54. The molecule has 0 heterocycles. The van der Waals surface area contributed by atoms with Gasteiger partial charge in [0, 0.05) is 5.92 Å². The Labute approximate surface area is 178 Å². The van der Waals surface area contributed by atoms with E-state index in [1.165, 1.54) is 55.5 Å². The monoisotopic (exact) mass is 424 g/mol. The summed E-state index contributed by atoms with van der Waals surface area (Å²) in [6.07, 6.45) is 9.75. The summed E-state index contributed by atoms with van der Waals surface area (Å²) in [5.74, 6) is 1.11. The lowest BCUT2D eigenvalue weighted by Gasteiger charge is -2.47. The first kappa shape index (κ1) is 24.4. The molecule has 1 fully saturated rings. The molecule has 0 aromatic carbocycles. The average Bonchev–Trinajstić information content (AvgIpc) is 2.94. The molecule has 2 rings (SSSR count). The summed E-state index contributed by atoms with van der Waals surface area (Å²) in [6.45, 7) is 19.0. The van der Waals surface area contributed by atoms with Crippen LogP contribution in [0.25, 0.3) is 0 Å². The van der Waals surface area contributed by atoms with Gasteiger partial charge in [-0.15, -0.1) is 0 Å². The lowest BCUT2D eigenvalue weighted by atomic mass is 9.77. The second-order valence-corrected chi connectivity index (χ2v) is 19.3. The van der Waals surface area contributed by atoms with Crippen molar-refractivity contribution in [1.29, 1.82) is 0 Å². The molecule has 0 bridgehead atoms. The van der Waals surface area contributed by atoms with Crippen LogP contribution in [0.15, 0.2) is 12.2 Å². The molecular weight excluding hydrogens is 376 g/mol. The van der Waals surface area contributed by atoms with Gasteiger partial charge in [-0.3, -0.25) is 0 Å². The summed E-state index contributed by atoms with van der Waals surface area (Å²) in [5, 5.41) is 0. The Kier molecular flexibility index (Phi) is 8.26. The van der Waals surface area contributed by atoms with Crippen molar-refractivity contribution in [1.82, 2.24) is 0 Å². The van der Waals surface area contributed by atoms with Gasteiger partial charge in [-0.2, -0.15) is 0 Å². The largest absolute Gasteiger partial charge is 0.411 e. The lowest BCUT2D eigenvalue weighted by Crippen LogP contribution is -2.53. The summed E-state index contributed by atoms with van der Waals surface area (Å²) in [7, 11) is -3.26. The van der Waals surface area contributed by atoms with Gasteiger partial charge in [0.15, 0.2) is 16.6 Å². The van der Waals surface area contributed by atoms with Gasteiger partial charge in [0.05, 0.1) is 11.2 Å². The number of hydrogen-bond donors (Lipinski definition) is 0. The van der Waals surface area contributed by atoms with Crippen LogP contribution in [0.4, 0.5) is 0 Å². The Morgan fingerprint density at radius 2 is 1.21 bits per heavy atom. The van der Waals surface area contributed by atoms with E-state index in [1.807, 2.05) is 0 Å². The van der Waals surface area contributed by atoms with Gasteiger partial charge in [-0.05, 0) is 81.7 Å². The van der Waals surface area contributed by atoms with Crippen molar-refractivity contribution in [2.45, 2.75) is 129 Å². The van der Waals surface area contributed by atoms with Crippen LogP contribution < -0.4 is 0 Å². The molecule has 0 aliphatic heterocycles. The van der Waals surface area contributed by atoms with Crippen molar-refractivity contribution >= 4 is 16.6 Å². The molecule has 0 aromatic rings. The van der Waals surface area contributed by atoms with E-state index in [4.69, 9.17) is 8.85 Å². The van der Waals surface area contributed by atoms with Crippen LogP contribution in [-0.2, 0) is 8.85 Å². The SMILES string of the molecule is CC[Si](CC)(CC)O[C@]1(C)CCC=C[C@H]2[C@H]1CC[C@@]2(C)O[Si](CC)(CC)CC. The Morgan fingerprint density at radius 1 is 0.750 bits per heavy atom. The summed E-state index contributed by atoms with van der Waals surface area (Å²) in [4.78, 5) is 0. The average molecular weight is 425 g/mol. The molecule has 4 heteroatoms. The molecule has 0 radical (unpaired) electrons. The highest BCUT2D eigenvalue weighted by atomic mass is 28.4. The fraction of sp³-hybridized carbons (Fsp3) is 0.917. The second-order valence-electron chi connectivity index (χ2n) is 9.95. The Bertz CT molecular complexity index is 510. The van der Waals surface area contributed by atoms with Gasteiger partial charge in [0.2, 0.25) is 0 Å². The van der Waals surface area contributed by atoms with Crippen molar-refractivity contribution in [2.24, 2.45) is 11.8 Å². The quantitative estimate of drug-likeness (QED) is 0.262. The van der Waals surface area contributed by atoms with E-state index in [-0.39, 0.29) is 11.2 Å². The van der Waals surface area contributed by atoms with E-state index < -0.39 is 16.6 Å². The molecule has 0 spiro atoms. The van der Waals surface area contributed by atoms with Crippen molar-refractivity contribution in [3.63, 3.8) is 0 Å². The van der Waals surface area contributed by atoms with Gasteiger partial charge in [-0.25, -0.2) is 0 Å². The van der Waals surface area contributed by atoms with E-state index in [1.54, 1.807) is 0 Å². The second kappa shape index (κ2) is 9.49. The van der Waals surface area contributed by atoms with Crippen molar-refractivity contribution in [2.75, 3.05) is 0 Å². The summed E-state index contributed by atoms with van der Waals surface area (Å²) >= 11 is 0. The van der Waals surface area contributed by atoms with Gasteiger partial charge in [-0.1, -0.05) is 53.7 Å². The maximum atomic E-state index is 7.27. The predicted octanol–water partition coefficient (Wildman–Crippen LogP) is 7.92. The zero-order valence-corrected chi connectivity index (χ0v) is 22.2. The van der Waals surface area contributed by atoms with Gasteiger partial charge < -0.3 is 8.85 Å². The van der Waals surface area contributed by atoms with Crippen LogP contribution >= 0.6 is 0 Å². The first-order valence-corrected chi connectivity index (χ1v) is 17.3. The Balaban J connectivity index is 2.33. The summed E-state index contributed by atoms with van der Waals surface area (Å²) < 4.78 is 14.5. The van der Waals surface area contributed by atoms with E-state index in [0.717, 1.165) is 6.42 Å². The van der Waals surface area contributed by atoms with Crippen molar-refractivity contribution < 1.29 is 8.85 Å². The van der Waals surface area contributed by atoms with Crippen LogP contribution in [0.1, 0.15) is 81.1 Å². The molecule has 4 atom stereocenters. The molecule has 2 aliphatic carbocycles. The minimum atomic E-state index is -1.63. The summed E-state index contributed by atoms with van der Waals surface area (Å²) in [6, 6.07) is 7.44. The summed E-state index contributed by atoms with van der Waals surface area (Å²) in [5.41, 5.74) is 0.0115. The van der Waals surface area contributed by atoms with Crippen LogP contribution in [0.2, 0.25) is 36.3 Å². The van der Waals surface area contributed by atoms with Crippen molar-refractivity contribution in [3.8, 4) is 0 Å². The van der Waals surface area contributed by atoms with Gasteiger partial charge in [0.1, 0.15) is 0 Å². The number of rotatable bonds is 10. The van der Waals surface area contributed by atoms with Gasteiger partial charge in [0.25, 0.3) is 0 Å². The minimum absolute atomic E-state index is 0.000756. The number of allylic oxidation sites excluding steroid dienone is 1. The van der Waals surface area contributed by atoms with Crippen molar-refractivity contribution in [3.05, 3.63) is 12.2 Å². The van der Waals surface area contributed by atoms with E-state index in [9.17, 15) is 0 Å². The minimum Gasteiger partial charge on any atom is -0.411 e. The normalized spacial score (nSPS) is 33.7. The van der Waals surface area contributed by atoms with Gasteiger partial charge >= 0.3 is 0 Å². The fourth-order valence-electron chi connectivity index (χ4n) is 6.20. The zero-order valence-electron chi connectivity index (χ0n) is 20.2. The molecule has 2 aliphatic rings. The third kappa shape index (κ3) is 4.55. The first-order valence-electron chi connectivity index (χ1n) is 12.3. The molecule has 28 heavy (non-hydrogen) atoms. The Morgan fingerprint density at radius 3 is 1.68 bits per heavy atom. The third-order valence-electron chi connectivity index (χ3n) is 8.79. The molecule has 0 N–H and O–H groups in total. The number of hydrogen-bond acceptors (Lipinski definition) is 2. The maximum Gasteiger partial charge on any atom is 0.192 e. The van der Waals surface area contributed by atoms with E-state index in [0.29, 0.717) is 11.8 Å². The zero-order chi connectivity index (χ0) is 21.1. The molecule has 0 saturated heterocycles. The van der Waals surface area contributed by atoms with Crippen LogP contribution in [0, 0.1) is 11.8 Å². The highest BCUT2D eigenvalue weighted by Gasteiger charge is 2.56. The third-order valence-corrected chi connectivity index (χ3v) is 18.3. The number of fused-ring (bicyclic) bond motifs is 1. The fourth-order valence-corrected chi connectivity index (χ4v) is 12.5. The van der Waals surface area contributed by atoms with E-state index >= 15 is 0 Å². The van der Waals surface area contributed by atoms with E-state index in [2.05, 4.69) is 67.5 Å².